The number of aliphatic carboxylic acids is 1. The van der Waals surface area contributed by atoms with Crippen molar-refractivity contribution in [3.63, 3.8) is 0 Å². The maximum Gasteiger partial charge on any atom is 0.325 e. The van der Waals surface area contributed by atoms with Gasteiger partial charge in [0.1, 0.15) is 5.54 Å². The quantitative estimate of drug-likeness (QED) is 0.548. The second kappa shape index (κ2) is 6.39. The van der Waals surface area contributed by atoms with Gasteiger partial charge in [0.15, 0.2) is 0 Å². The largest absolute Gasteiger partial charge is 0.480 e. The normalized spacial score (nSPS) is 28.4. The molecule has 0 spiro atoms. The molecule has 1 heterocycles. The number of amides is 1. The standard InChI is InChI=1S/C12H21BN2O4/c1-8(6-16)10(17)15-5-9(3-2-4-13)12(14,7-15)11(18)19/h8-9,16H,2-7,14H2,1H3,(H,18,19)/t8-,9-,12-/m0/s1. The molecule has 2 radical (unpaired) electrons. The Morgan fingerprint density at radius 2 is 2.21 bits per heavy atom. The van der Waals surface area contributed by atoms with Crippen molar-refractivity contribution in [3.8, 4) is 0 Å². The number of carbonyl (C=O) groups excluding carboxylic acids is 1. The molecule has 3 atom stereocenters. The monoisotopic (exact) mass is 268 g/mol. The summed E-state index contributed by atoms with van der Waals surface area (Å²) in [6, 6.07) is 0. The summed E-state index contributed by atoms with van der Waals surface area (Å²) in [5.41, 5.74) is 4.54. The first-order chi connectivity index (χ1) is 8.86. The highest BCUT2D eigenvalue weighted by Gasteiger charge is 2.50. The van der Waals surface area contributed by atoms with Crippen molar-refractivity contribution in [2.75, 3.05) is 19.7 Å². The first-order valence-corrected chi connectivity index (χ1v) is 6.48. The summed E-state index contributed by atoms with van der Waals surface area (Å²) in [5, 5.41) is 18.3. The lowest BCUT2D eigenvalue weighted by molar-refractivity contribution is -0.144. The van der Waals surface area contributed by atoms with Gasteiger partial charge in [-0.05, 0) is 6.42 Å². The molecule has 6 nitrogen and oxygen atoms in total. The minimum atomic E-state index is -1.42. The Labute approximate surface area is 114 Å². The number of likely N-dealkylation sites (tertiary alicyclic amines) is 1. The molecule has 1 amide bonds. The van der Waals surface area contributed by atoms with Crippen LogP contribution in [0, 0.1) is 11.8 Å². The molecule has 0 unspecified atom stereocenters. The van der Waals surface area contributed by atoms with Gasteiger partial charge in [-0.1, -0.05) is 19.7 Å². The van der Waals surface area contributed by atoms with Crippen LogP contribution in [0.15, 0.2) is 0 Å². The van der Waals surface area contributed by atoms with E-state index in [1.165, 1.54) is 4.90 Å². The third-order valence-electron chi connectivity index (χ3n) is 3.78. The fourth-order valence-electron chi connectivity index (χ4n) is 2.45. The topological polar surface area (TPSA) is 104 Å². The molecule has 0 aliphatic carbocycles. The highest BCUT2D eigenvalue weighted by Crippen LogP contribution is 2.31. The number of carboxylic acids is 1. The summed E-state index contributed by atoms with van der Waals surface area (Å²) in [6.07, 6.45) is 1.72. The van der Waals surface area contributed by atoms with Gasteiger partial charge in [-0.25, -0.2) is 0 Å². The predicted molar refractivity (Wildman–Crippen MR) is 70.7 cm³/mol. The van der Waals surface area contributed by atoms with Crippen LogP contribution < -0.4 is 5.73 Å². The van der Waals surface area contributed by atoms with E-state index in [1.54, 1.807) is 6.92 Å². The van der Waals surface area contributed by atoms with E-state index in [0.29, 0.717) is 25.7 Å². The second-order valence-corrected chi connectivity index (χ2v) is 5.28. The Morgan fingerprint density at radius 3 is 2.68 bits per heavy atom. The predicted octanol–water partition coefficient (Wildman–Crippen LogP) is -0.778. The molecule has 7 heteroatoms. The van der Waals surface area contributed by atoms with Gasteiger partial charge in [0.25, 0.3) is 0 Å². The number of rotatable bonds is 6. The fraction of sp³-hybridized carbons (Fsp3) is 0.833. The van der Waals surface area contributed by atoms with Crippen LogP contribution >= 0.6 is 0 Å². The van der Waals surface area contributed by atoms with Crippen LogP contribution in [0.1, 0.15) is 19.8 Å². The zero-order chi connectivity index (χ0) is 14.6. The number of aliphatic hydroxyl groups is 1. The second-order valence-electron chi connectivity index (χ2n) is 5.28. The van der Waals surface area contributed by atoms with Gasteiger partial charge in [-0.2, -0.15) is 0 Å². The minimum absolute atomic E-state index is 0.0132. The molecule has 0 aromatic heterocycles. The first kappa shape index (κ1) is 16.0. The van der Waals surface area contributed by atoms with Gasteiger partial charge in [0.05, 0.1) is 20.4 Å². The van der Waals surface area contributed by atoms with Crippen molar-refractivity contribution in [3.05, 3.63) is 0 Å². The first-order valence-electron chi connectivity index (χ1n) is 6.48. The van der Waals surface area contributed by atoms with Crippen molar-refractivity contribution >= 4 is 19.7 Å². The van der Waals surface area contributed by atoms with Gasteiger partial charge < -0.3 is 20.8 Å². The van der Waals surface area contributed by atoms with E-state index < -0.39 is 17.4 Å². The van der Waals surface area contributed by atoms with Gasteiger partial charge >= 0.3 is 5.97 Å². The molecular weight excluding hydrogens is 247 g/mol. The summed E-state index contributed by atoms with van der Waals surface area (Å²) in [6.45, 7) is 1.65. The summed E-state index contributed by atoms with van der Waals surface area (Å²) >= 11 is 0. The lowest BCUT2D eigenvalue weighted by Gasteiger charge is -2.25. The number of nitrogens with zero attached hydrogens (tertiary/aromatic N) is 1. The van der Waals surface area contributed by atoms with Gasteiger partial charge in [-0.3, -0.25) is 9.59 Å². The zero-order valence-electron chi connectivity index (χ0n) is 11.2. The number of nitrogens with two attached hydrogens (primary N) is 1. The third kappa shape index (κ3) is 3.28. The zero-order valence-corrected chi connectivity index (χ0v) is 11.2. The summed E-state index contributed by atoms with van der Waals surface area (Å²) in [7, 11) is 5.43. The van der Waals surface area contributed by atoms with Crippen LogP contribution in [0.4, 0.5) is 0 Å². The van der Waals surface area contributed by atoms with E-state index in [9.17, 15) is 14.7 Å². The number of hydrogen-bond donors (Lipinski definition) is 3. The molecule has 4 N–H and O–H groups in total. The molecule has 1 fully saturated rings. The molecule has 0 bridgehead atoms. The number of hydrogen-bond acceptors (Lipinski definition) is 4. The summed E-state index contributed by atoms with van der Waals surface area (Å²) in [4.78, 5) is 24.8. The molecule has 1 rings (SSSR count). The van der Waals surface area contributed by atoms with E-state index in [1.807, 2.05) is 0 Å². The SMILES string of the molecule is [B]CCC[C@H]1CN(C(=O)[C@@H](C)CO)C[C@@]1(N)C(=O)O. The van der Waals surface area contributed by atoms with Crippen LogP contribution in [0.3, 0.4) is 0 Å². The lowest BCUT2D eigenvalue weighted by Crippen LogP contribution is -2.55. The maximum atomic E-state index is 12.0. The molecule has 1 aliphatic heterocycles. The Hall–Kier alpha value is -1.08. The summed E-state index contributed by atoms with van der Waals surface area (Å²) < 4.78 is 0. The van der Waals surface area contributed by atoms with Crippen molar-refractivity contribution in [2.24, 2.45) is 17.6 Å². The van der Waals surface area contributed by atoms with Crippen molar-refractivity contribution in [1.29, 1.82) is 0 Å². The highest BCUT2D eigenvalue weighted by atomic mass is 16.4. The molecule has 19 heavy (non-hydrogen) atoms. The smallest absolute Gasteiger partial charge is 0.325 e. The molecule has 1 aliphatic rings. The molecular formula is C12H21BN2O4. The van der Waals surface area contributed by atoms with Gasteiger partial charge in [0.2, 0.25) is 5.91 Å². The fourth-order valence-corrected chi connectivity index (χ4v) is 2.45. The van der Waals surface area contributed by atoms with Crippen LogP contribution in [-0.4, -0.2) is 60.1 Å². The average molecular weight is 268 g/mol. The average Bonchev–Trinajstić information content (AvgIpc) is 2.73. The Morgan fingerprint density at radius 1 is 1.58 bits per heavy atom. The van der Waals surface area contributed by atoms with Gasteiger partial charge in [-0.15, -0.1) is 0 Å². The van der Waals surface area contributed by atoms with Crippen LogP contribution in [0.5, 0.6) is 0 Å². The van der Waals surface area contributed by atoms with Crippen LogP contribution in [0.2, 0.25) is 6.32 Å². The highest BCUT2D eigenvalue weighted by molar-refractivity contribution is 6.08. The third-order valence-corrected chi connectivity index (χ3v) is 3.78. The minimum Gasteiger partial charge on any atom is -0.480 e. The van der Waals surface area contributed by atoms with E-state index >= 15 is 0 Å². The van der Waals surface area contributed by atoms with Crippen molar-refractivity contribution < 1.29 is 19.8 Å². The van der Waals surface area contributed by atoms with Crippen molar-refractivity contribution in [2.45, 2.75) is 31.6 Å². The van der Waals surface area contributed by atoms with E-state index in [0.717, 1.165) is 0 Å². The Bertz CT molecular complexity index is 353. The van der Waals surface area contributed by atoms with Crippen LogP contribution in [0.25, 0.3) is 0 Å². The van der Waals surface area contributed by atoms with Gasteiger partial charge in [0, 0.05) is 19.0 Å². The van der Waals surface area contributed by atoms with E-state index in [2.05, 4.69) is 0 Å². The van der Waals surface area contributed by atoms with Crippen molar-refractivity contribution in [1.82, 2.24) is 4.90 Å². The number of carboxylic acid groups (broad SMARTS) is 1. The maximum absolute atomic E-state index is 12.0. The number of carbonyl (C=O) groups is 2. The van der Waals surface area contributed by atoms with E-state index in [4.69, 9.17) is 18.7 Å². The van der Waals surface area contributed by atoms with E-state index in [-0.39, 0.29) is 25.0 Å². The lowest BCUT2D eigenvalue weighted by atomic mass is 9.83. The van der Waals surface area contributed by atoms with Crippen LogP contribution in [-0.2, 0) is 9.59 Å². The molecule has 0 saturated carbocycles. The molecule has 1 saturated heterocycles. The Kier molecular flexibility index (Phi) is 5.37. The Balaban J connectivity index is 2.82. The molecule has 106 valence electrons. The summed E-state index contributed by atoms with van der Waals surface area (Å²) in [5.74, 6) is -2.19. The molecule has 0 aromatic carbocycles. The molecule has 0 aromatic rings. The number of aliphatic hydroxyl groups excluding tert-OH is 1.